The average molecular weight is 388 g/mol. The second kappa shape index (κ2) is 6.30. The first-order valence-electron chi connectivity index (χ1n) is 5.41. The van der Waals surface area contributed by atoms with E-state index < -0.39 is 0 Å². The van der Waals surface area contributed by atoms with Crippen LogP contribution in [0.4, 0.5) is 4.39 Å². The van der Waals surface area contributed by atoms with Gasteiger partial charge in [-0.25, -0.2) is 4.39 Å². The van der Waals surface area contributed by atoms with Crippen molar-refractivity contribution >= 4 is 38.1 Å². The summed E-state index contributed by atoms with van der Waals surface area (Å²) in [6, 6.07) is 9.70. The normalized spacial score (nSPS) is 10.3. The standard InChI is InChI=1S/C14H9Br2FO2/c15-11-1-4-14(17)10(5-11)8-19-12-2-3-13(16)9(6-12)7-18/h1-7H,8H2. The van der Waals surface area contributed by atoms with Crippen molar-refractivity contribution < 1.29 is 13.9 Å². The van der Waals surface area contributed by atoms with Gasteiger partial charge < -0.3 is 4.74 Å². The quantitative estimate of drug-likeness (QED) is 0.708. The van der Waals surface area contributed by atoms with Crippen LogP contribution in [0.1, 0.15) is 15.9 Å². The first kappa shape index (κ1) is 14.2. The first-order valence-corrected chi connectivity index (χ1v) is 7.00. The van der Waals surface area contributed by atoms with E-state index in [9.17, 15) is 9.18 Å². The summed E-state index contributed by atoms with van der Waals surface area (Å²) < 4.78 is 20.5. The zero-order valence-corrected chi connectivity index (χ0v) is 12.9. The Balaban J connectivity index is 2.14. The Bertz CT molecular complexity index is 614. The van der Waals surface area contributed by atoms with Crippen LogP contribution < -0.4 is 4.74 Å². The van der Waals surface area contributed by atoms with E-state index in [-0.39, 0.29) is 12.4 Å². The maximum Gasteiger partial charge on any atom is 0.151 e. The van der Waals surface area contributed by atoms with Gasteiger partial charge in [-0.3, -0.25) is 4.79 Å². The summed E-state index contributed by atoms with van der Waals surface area (Å²) in [4.78, 5) is 10.8. The molecule has 0 spiro atoms. The van der Waals surface area contributed by atoms with Crippen molar-refractivity contribution in [3.63, 3.8) is 0 Å². The number of hydrogen-bond acceptors (Lipinski definition) is 2. The number of carbonyl (C=O) groups is 1. The summed E-state index contributed by atoms with van der Waals surface area (Å²) in [7, 11) is 0. The molecule has 98 valence electrons. The zero-order chi connectivity index (χ0) is 13.8. The summed E-state index contributed by atoms with van der Waals surface area (Å²) in [5.41, 5.74) is 0.942. The van der Waals surface area contributed by atoms with E-state index in [1.807, 2.05) is 0 Å². The lowest BCUT2D eigenvalue weighted by Gasteiger charge is -2.08. The highest BCUT2D eigenvalue weighted by Crippen LogP contribution is 2.23. The lowest BCUT2D eigenvalue weighted by atomic mass is 10.2. The molecule has 0 unspecified atom stereocenters. The Morgan fingerprint density at radius 2 is 1.95 bits per heavy atom. The van der Waals surface area contributed by atoms with Crippen molar-refractivity contribution in [3.05, 3.63) is 62.3 Å². The van der Waals surface area contributed by atoms with Crippen LogP contribution in [0.2, 0.25) is 0 Å². The Kier molecular flexibility index (Phi) is 4.71. The molecule has 19 heavy (non-hydrogen) atoms. The van der Waals surface area contributed by atoms with Crippen molar-refractivity contribution in [1.82, 2.24) is 0 Å². The Hall–Kier alpha value is -1.20. The third-order valence-corrected chi connectivity index (χ3v) is 3.71. The largest absolute Gasteiger partial charge is 0.489 e. The number of halogens is 3. The SMILES string of the molecule is O=Cc1cc(OCc2cc(Br)ccc2F)ccc1Br. The summed E-state index contributed by atoms with van der Waals surface area (Å²) in [6.07, 6.45) is 0.733. The monoisotopic (exact) mass is 386 g/mol. The molecule has 5 heteroatoms. The molecule has 2 aromatic rings. The van der Waals surface area contributed by atoms with Crippen LogP contribution in [0, 0.1) is 5.82 Å². The third kappa shape index (κ3) is 3.64. The fourth-order valence-corrected chi connectivity index (χ4v) is 2.27. The first-order chi connectivity index (χ1) is 9.10. The highest BCUT2D eigenvalue weighted by Gasteiger charge is 2.05. The van der Waals surface area contributed by atoms with Gasteiger partial charge in [-0.2, -0.15) is 0 Å². The molecular formula is C14H9Br2FO2. The van der Waals surface area contributed by atoms with Crippen molar-refractivity contribution in [2.45, 2.75) is 6.61 Å². The Morgan fingerprint density at radius 1 is 1.16 bits per heavy atom. The molecule has 0 aliphatic carbocycles. The minimum absolute atomic E-state index is 0.102. The molecule has 0 aliphatic heterocycles. The molecule has 0 saturated heterocycles. The van der Waals surface area contributed by atoms with E-state index in [1.54, 1.807) is 30.3 Å². The second-order valence-electron chi connectivity index (χ2n) is 3.83. The predicted molar refractivity (Wildman–Crippen MR) is 78.0 cm³/mol. The molecule has 0 saturated carbocycles. The van der Waals surface area contributed by atoms with Gasteiger partial charge in [-0.15, -0.1) is 0 Å². The number of rotatable bonds is 4. The summed E-state index contributed by atoms with van der Waals surface area (Å²) >= 11 is 6.53. The van der Waals surface area contributed by atoms with E-state index in [4.69, 9.17) is 4.74 Å². The Labute approximate surface area is 126 Å². The molecule has 0 aromatic heterocycles. The molecule has 0 aliphatic rings. The van der Waals surface area contributed by atoms with Crippen LogP contribution in [-0.2, 0) is 6.61 Å². The van der Waals surface area contributed by atoms with Gasteiger partial charge in [0.15, 0.2) is 6.29 Å². The third-order valence-electron chi connectivity index (χ3n) is 2.50. The lowest BCUT2D eigenvalue weighted by molar-refractivity contribution is 0.112. The highest BCUT2D eigenvalue weighted by molar-refractivity contribution is 9.10. The van der Waals surface area contributed by atoms with Crippen LogP contribution in [-0.4, -0.2) is 6.29 Å². The fourth-order valence-electron chi connectivity index (χ4n) is 1.52. The van der Waals surface area contributed by atoms with Crippen molar-refractivity contribution in [1.29, 1.82) is 0 Å². The number of ether oxygens (including phenoxy) is 1. The van der Waals surface area contributed by atoms with E-state index in [0.29, 0.717) is 21.3 Å². The fraction of sp³-hybridized carbons (Fsp3) is 0.0714. The molecule has 0 bridgehead atoms. The summed E-state index contributed by atoms with van der Waals surface area (Å²) in [5, 5.41) is 0. The van der Waals surface area contributed by atoms with E-state index in [0.717, 1.165) is 10.8 Å². The van der Waals surface area contributed by atoms with Crippen LogP contribution >= 0.6 is 31.9 Å². The minimum Gasteiger partial charge on any atom is -0.489 e. The molecule has 0 radical (unpaired) electrons. The summed E-state index contributed by atoms with van der Waals surface area (Å²) in [6.45, 7) is 0.102. The van der Waals surface area contributed by atoms with Gasteiger partial charge in [0.25, 0.3) is 0 Å². The molecule has 2 rings (SSSR count). The molecule has 0 heterocycles. The van der Waals surface area contributed by atoms with Gasteiger partial charge in [0.2, 0.25) is 0 Å². The van der Waals surface area contributed by atoms with Crippen molar-refractivity contribution in [3.8, 4) is 5.75 Å². The molecule has 0 fully saturated rings. The predicted octanol–water partition coefficient (Wildman–Crippen LogP) is 4.74. The molecule has 0 N–H and O–H groups in total. The molecule has 2 aromatic carbocycles. The topological polar surface area (TPSA) is 26.3 Å². The van der Waals surface area contributed by atoms with E-state index >= 15 is 0 Å². The lowest BCUT2D eigenvalue weighted by Crippen LogP contribution is -1.99. The molecule has 0 atom stereocenters. The van der Waals surface area contributed by atoms with E-state index in [2.05, 4.69) is 31.9 Å². The maximum absolute atomic E-state index is 13.5. The number of carbonyl (C=O) groups excluding carboxylic acids is 1. The second-order valence-corrected chi connectivity index (χ2v) is 5.60. The van der Waals surface area contributed by atoms with Crippen LogP contribution in [0.3, 0.4) is 0 Å². The van der Waals surface area contributed by atoms with E-state index in [1.165, 1.54) is 6.07 Å². The zero-order valence-electron chi connectivity index (χ0n) is 9.70. The minimum atomic E-state index is -0.323. The van der Waals surface area contributed by atoms with Crippen molar-refractivity contribution in [2.75, 3.05) is 0 Å². The number of hydrogen-bond donors (Lipinski definition) is 0. The molecule has 2 nitrogen and oxygen atoms in total. The smallest absolute Gasteiger partial charge is 0.151 e. The van der Waals surface area contributed by atoms with Crippen LogP contribution in [0.25, 0.3) is 0 Å². The van der Waals surface area contributed by atoms with Gasteiger partial charge in [0.05, 0.1) is 0 Å². The Morgan fingerprint density at radius 3 is 2.68 bits per heavy atom. The summed E-state index contributed by atoms with van der Waals surface area (Å²) in [5.74, 6) is 0.195. The molecule has 0 amide bonds. The number of aldehydes is 1. The van der Waals surface area contributed by atoms with Crippen molar-refractivity contribution in [2.24, 2.45) is 0 Å². The van der Waals surface area contributed by atoms with Crippen LogP contribution in [0.5, 0.6) is 5.75 Å². The van der Waals surface area contributed by atoms with Gasteiger partial charge in [-0.1, -0.05) is 31.9 Å². The van der Waals surface area contributed by atoms with Crippen LogP contribution in [0.15, 0.2) is 45.3 Å². The number of benzene rings is 2. The molecular weight excluding hydrogens is 379 g/mol. The van der Waals surface area contributed by atoms with Gasteiger partial charge in [0, 0.05) is 20.1 Å². The van der Waals surface area contributed by atoms with Gasteiger partial charge in [-0.05, 0) is 36.4 Å². The van der Waals surface area contributed by atoms with Gasteiger partial charge in [0.1, 0.15) is 18.2 Å². The average Bonchev–Trinajstić information content (AvgIpc) is 2.41. The maximum atomic E-state index is 13.5. The van der Waals surface area contributed by atoms with Gasteiger partial charge >= 0.3 is 0 Å². The highest BCUT2D eigenvalue weighted by atomic mass is 79.9.